The Kier molecular flexibility index (Phi) is 7.11. The van der Waals surface area contributed by atoms with Crippen LogP contribution in [0, 0.1) is 0 Å². The molecule has 0 aliphatic carbocycles. The molecule has 2 aliphatic rings. The molecule has 0 unspecified atom stereocenters. The maximum atomic E-state index is 6.20. The van der Waals surface area contributed by atoms with E-state index in [0.717, 1.165) is 59.1 Å². The van der Waals surface area contributed by atoms with Crippen molar-refractivity contribution in [3.63, 3.8) is 0 Å². The highest BCUT2D eigenvalue weighted by Crippen LogP contribution is 2.37. The Bertz CT molecular complexity index is 1220. The van der Waals surface area contributed by atoms with Crippen LogP contribution in [0.2, 0.25) is 0 Å². The summed E-state index contributed by atoms with van der Waals surface area (Å²) < 4.78 is 5.88. The summed E-state index contributed by atoms with van der Waals surface area (Å²) in [5.41, 5.74) is 11.5. The zero-order valence-electron chi connectivity index (χ0n) is 21.9. The van der Waals surface area contributed by atoms with Crippen molar-refractivity contribution < 1.29 is 4.74 Å². The Morgan fingerprint density at radius 2 is 1.81 bits per heavy atom. The van der Waals surface area contributed by atoms with Gasteiger partial charge in [-0.15, -0.1) is 0 Å². The number of likely N-dealkylation sites (N-methyl/N-ethyl adjacent to an activating group) is 1. The van der Waals surface area contributed by atoms with E-state index < -0.39 is 0 Å². The second-order valence-corrected chi connectivity index (χ2v) is 9.82. The molecule has 0 amide bonds. The van der Waals surface area contributed by atoms with Crippen molar-refractivity contribution in [1.29, 1.82) is 0 Å². The molecule has 0 atom stereocenters. The number of fused-ring (bicyclic) bond motifs is 1. The highest BCUT2D eigenvalue weighted by Gasteiger charge is 2.28. The number of methoxy groups -OCH3 is 1. The van der Waals surface area contributed by atoms with Crippen molar-refractivity contribution in [1.82, 2.24) is 24.8 Å². The van der Waals surface area contributed by atoms with E-state index in [1.807, 2.05) is 7.05 Å². The minimum absolute atomic E-state index is 0.394. The van der Waals surface area contributed by atoms with Crippen LogP contribution >= 0.6 is 0 Å². The largest absolute Gasteiger partial charge is 0.495 e. The summed E-state index contributed by atoms with van der Waals surface area (Å²) in [5, 5.41) is 3.17. The summed E-state index contributed by atoms with van der Waals surface area (Å²) >= 11 is 0. The lowest BCUT2D eigenvalue weighted by Gasteiger charge is -2.42. The third-order valence-corrected chi connectivity index (χ3v) is 7.72. The van der Waals surface area contributed by atoms with Crippen LogP contribution in [0.5, 0.6) is 5.75 Å². The Balaban J connectivity index is 1.41. The fraction of sp³-hybridized carbons (Fsp3) is 0.519. The fourth-order valence-electron chi connectivity index (χ4n) is 5.52. The van der Waals surface area contributed by atoms with Crippen molar-refractivity contribution in [3.05, 3.63) is 30.1 Å². The molecule has 0 bridgehead atoms. The maximum absolute atomic E-state index is 6.20. The first-order valence-electron chi connectivity index (χ1n) is 13.0. The first kappa shape index (κ1) is 24.5. The molecule has 4 heterocycles. The number of rotatable bonds is 6. The molecule has 9 heteroatoms. The highest BCUT2D eigenvalue weighted by molar-refractivity contribution is 5.97. The van der Waals surface area contributed by atoms with E-state index in [0.29, 0.717) is 17.4 Å². The second-order valence-electron chi connectivity index (χ2n) is 9.82. The molecule has 0 spiro atoms. The Morgan fingerprint density at radius 1 is 1.06 bits per heavy atom. The summed E-state index contributed by atoms with van der Waals surface area (Å²) in [7, 11) is 5.82. The Morgan fingerprint density at radius 3 is 2.47 bits per heavy atom. The van der Waals surface area contributed by atoms with Crippen LogP contribution in [0.3, 0.4) is 0 Å². The van der Waals surface area contributed by atoms with Gasteiger partial charge in [-0.05, 0) is 44.0 Å². The quantitative estimate of drug-likeness (QED) is 0.540. The number of piperidine rings is 1. The van der Waals surface area contributed by atoms with E-state index in [9.17, 15) is 0 Å². The minimum atomic E-state index is 0.394. The van der Waals surface area contributed by atoms with Crippen LogP contribution in [-0.4, -0.2) is 91.3 Å². The number of aromatic nitrogens is 3. The number of nitrogen functional groups attached to an aromatic ring is 1. The molecule has 36 heavy (non-hydrogen) atoms. The van der Waals surface area contributed by atoms with Gasteiger partial charge in [0, 0.05) is 64.1 Å². The molecule has 9 nitrogen and oxygen atoms in total. The van der Waals surface area contributed by atoms with E-state index in [-0.39, 0.29) is 0 Å². The molecule has 2 aromatic heterocycles. The average Bonchev–Trinajstić information content (AvgIpc) is 2.93. The number of nitrogens with zero attached hydrogens (tertiary/aromatic N) is 6. The number of hydrogen-bond donors (Lipinski definition) is 2. The van der Waals surface area contributed by atoms with Crippen LogP contribution in [0.25, 0.3) is 22.2 Å². The number of aryl methyl sites for hydroxylation is 1. The van der Waals surface area contributed by atoms with Gasteiger partial charge in [0.15, 0.2) is 5.82 Å². The van der Waals surface area contributed by atoms with Gasteiger partial charge in [-0.3, -0.25) is 4.90 Å². The predicted octanol–water partition coefficient (Wildman–Crippen LogP) is 3.10. The van der Waals surface area contributed by atoms with Gasteiger partial charge in [-0.25, -0.2) is 15.0 Å². The van der Waals surface area contributed by atoms with Gasteiger partial charge in [0.2, 0.25) is 0 Å². The smallest absolute Gasteiger partial charge is 0.151 e. The van der Waals surface area contributed by atoms with E-state index in [1.165, 1.54) is 39.0 Å². The number of ether oxygens (including phenoxy) is 1. The number of pyridine rings is 1. The third kappa shape index (κ3) is 4.65. The summed E-state index contributed by atoms with van der Waals surface area (Å²) in [4.78, 5) is 21.6. The highest BCUT2D eigenvalue weighted by atomic mass is 16.5. The predicted molar refractivity (Wildman–Crippen MR) is 147 cm³/mol. The SMILES string of the molecule is CCc1nc2c(N)ncc(-c3ccc(N4CCC(N5CCN(C)CC5)CC4)c(OC)c3)c2nc1NC. The average molecular weight is 491 g/mol. The lowest BCUT2D eigenvalue weighted by atomic mass is 10.00. The second kappa shape index (κ2) is 10.4. The van der Waals surface area contributed by atoms with Crippen LogP contribution in [-0.2, 0) is 6.42 Å². The fourth-order valence-corrected chi connectivity index (χ4v) is 5.52. The monoisotopic (exact) mass is 490 g/mol. The normalized spacial score (nSPS) is 18.1. The molecule has 3 N–H and O–H groups in total. The number of hydrogen-bond acceptors (Lipinski definition) is 9. The van der Waals surface area contributed by atoms with E-state index >= 15 is 0 Å². The first-order chi connectivity index (χ1) is 17.5. The van der Waals surface area contributed by atoms with Crippen LogP contribution in [0.4, 0.5) is 17.3 Å². The van der Waals surface area contributed by atoms with Crippen molar-refractivity contribution in [2.75, 3.05) is 76.4 Å². The molecule has 5 rings (SSSR count). The van der Waals surface area contributed by atoms with Crippen molar-refractivity contribution in [2.24, 2.45) is 0 Å². The summed E-state index contributed by atoms with van der Waals surface area (Å²) in [6.07, 6.45) is 4.91. The van der Waals surface area contributed by atoms with Gasteiger partial charge in [-0.2, -0.15) is 0 Å². The number of benzene rings is 1. The minimum Gasteiger partial charge on any atom is -0.495 e. The van der Waals surface area contributed by atoms with Gasteiger partial charge in [0.25, 0.3) is 0 Å². The van der Waals surface area contributed by atoms with E-state index in [1.54, 1.807) is 13.3 Å². The van der Waals surface area contributed by atoms with Gasteiger partial charge < -0.3 is 25.6 Å². The van der Waals surface area contributed by atoms with Crippen molar-refractivity contribution in [2.45, 2.75) is 32.2 Å². The molecule has 1 aromatic carbocycles. The first-order valence-corrected chi connectivity index (χ1v) is 13.0. The van der Waals surface area contributed by atoms with Crippen LogP contribution in [0.15, 0.2) is 24.4 Å². The maximum Gasteiger partial charge on any atom is 0.151 e. The van der Waals surface area contributed by atoms with E-state index in [4.69, 9.17) is 20.4 Å². The summed E-state index contributed by atoms with van der Waals surface area (Å²) in [6, 6.07) is 7.06. The van der Waals surface area contributed by atoms with Gasteiger partial charge >= 0.3 is 0 Å². The third-order valence-electron chi connectivity index (χ3n) is 7.72. The zero-order valence-corrected chi connectivity index (χ0v) is 21.9. The summed E-state index contributed by atoms with van der Waals surface area (Å²) in [6.45, 7) is 8.84. The molecule has 0 saturated carbocycles. The molecular weight excluding hydrogens is 452 g/mol. The van der Waals surface area contributed by atoms with Gasteiger partial charge in [0.1, 0.15) is 22.6 Å². The van der Waals surface area contributed by atoms with Crippen molar-refractivity contribution >= 4 is 28.4 Å². The van der Waals surface area contributed by atoms with Crippen LogP contribution in [0.1, 0.15) is 25.5 Å². The molecular formula is C27H38N8O. The number of nitrogens with two attached hydrogens (primary N) is 1. The molecule has 2 fully saturated rings. The Labute approximate surface area is 213 Å². The Hall–Kier alpha value is -3.17. The number of nitrogens with one attached hydrogen (secondary N) is 1. The standard InChI is InChI=1S/C27H38N8O/c1-5-21-27(29-2)32-24-20(17-30-26(28)25(24)31-21)18-6-7-22(23(16-18)36-4)35-10-8-19(9-11-35)34-14-12-33(3)13-15-34/h6-7,16-17,19H,5,8-15H2,1-4H3,(H2,28,30)(H,29,32). The van der Waals surface area contributed by atoms with Crippen molar-refractivity contribution in [3.8, 4) is 16.9 Å². The molecule has 192 valence electrons. The lowest BCUT2D eigenvalue weighted by molar-refractivity contribution is 0.0981. The lowest BCUT2D eigenvalue weighted by Crippen LogP contribution is -2.52. The van der Waals surface area contributed by atoms with Gasteiger partial charge in [0.05, 0.1) is 18.5 Å². The zero-order chi connectivity index (χ0) is 25.2. The number of piperazine rings is 1. The summed E-state index contributed by atoms with van der Waals surface area (Å²) in [5.74, 6) is 2.02. The van der Waals surface area contributed by atoms with Gasteiger partial charge in [-0.1, -0.05) is 13.0 Å². The topological polar surface area (TPSA) is 95.7 Å². The molecule has 0 radical (unpaired) electrons. The van der Waals surface area contributed by atoms with Crippen LogP contribution < -0.4 is 20.7 Å². The number of anilines is 3. The molecule has 2 saturated heterocycles. The molecule has 2 aliphatic heterocycles. The van der Waals surface area contributed by atoms with E-state index in [2.05, 4.69) is 57.2 Å². The molecule has 3 aromatic rings.